The minimum Gasteiger partial charge on any atom is -0.497 e. The number of hydrogen-bond donors (Lipinski definition) is 1. The van der Waals surface area contributed by atoms with E-state index in [1.165, 1.54) is 19.2 Å². The summed E-state index contributed by atoms with van der Waals surface area (Å²) in [7, 11) is -2.25. The lowest BCUT2D eigenvalue weighted by Gasteiger charge is -2.21. The molecule has 0 aliphatic rings. The first-order chi connectivity index (χ1) is 12.3. The Morgan fingerprint density at radius 3 is 2.15 bits per heavy atom. The fourth-order valence-corrected chi connectivity index (χ4v) is 4.02. The minimum absolute atomic E-state index is 0.125. The molecule has 2 aromatic carbocycles. The predicted octanol–water partition coefficient (Wildman–Crippen LogP) is 2.96. The molecule has 0 unspecified atom stereocenters. The van der Waals surface area contributed by atoms with Crippen LogP contribution in [0.4, 0.5) is 5.69 Å². The number of methoxy groups -OCH3 is 1. The van der Waals surface area contributed by atoms with Crippen LogP contribution < -0.4 is 10.1 Å². The molecule has 0 spiro atoms. The molecule has 0 heterocycles. The van der Waals surface area contributed by atoms with Crippen LogP contribution in [0, 0.1) is 13.8 Å². The number of sulfonamides is 1. The van der Waals surface area contributed by atoms with E-state index in [0.717, 1.165) is 21.1 Å². The van der Waals surface area contributed by atoms with Crippen LogP contribution in [0.15, 0.2) is 47.4 Å². The second-order valence-electron chi connectivity index (χ2n) is 5.92. The van der Waals surface area contributed by atoms with Crippen LogP contribution in [0.2, 0.25) is 0 Å². The number of hydrogen-bond acceptors (Lipinski definition) is 4. The van der Waals surface area contributed by atoms with Gasteiger partial charge in [0.1, 0.15) is 5.75 Å². The summed E-state index contributed by atoms with van der Waals surface area (Å²) >= 11 is 0. The predicted molar refractivity (Wildman–Crippen MR) is 102 cm³/mol. The molecule has 0 aromatic heterocycles. The van der Waals surface area contributed by atoms with Gasteiger partial charge in [-0.3, -0.25) is 4.79 Å². The third-order valence-corrected chi connectivity index (χ3v) is 6.05. The molecule has 7 heteroatoms. The van der Waals surface area contributed by atoms with Crippen molar-refractivity contribution in [2.45, 2.75) is 25.7 Å². The molecule has 0 aliphatic carbocycles. The lowest BCUT2D eigenvalue weighted by atomic mass is 10.1. The topological polar surface area (TPSA) is 75.7 Å². The normalized spacial score (nSPS) is 11.4. The summed E-state index contributed by atoms with van der Waals surface area (Å²) < 4.78 is 31.8. The fourth-order valence-electron chi connectivity index (χ4n) is 2.61. The number of anilines is 1. The molecule has 0 fully saturated rings. The van der Waals surface area contributed by atoms with E-state index in [1.807, 2.05) is 32.0 Å². The van der Waals surface area contributed by atoms with Crippen LogP contribution in [0.25, 0.3) is 0 Å². The summed E-state index contributed by atoms with van der Waals surface area (Å²) in [6.45, 7) is 5.43. The van der Waals surface area contributed by atoms with Gasteiger partial charge in [-0.1, -0.05) is 25.1 Å². The highest BCUT2D eigenvalue weighted by molar-refractivity contribution is 7.89. The van der Waals surface area contributed by atoms with E-state index < -0.39 is 10.0 Å². The molecule has 26 heavy (non-hydrogen) atoms. The fraction of sp³-hybridized carbons (Fsp3) is 0.316. The zero-order valence-electron chi connectivity index (χ0n) is 15.4. The molecule has 0 aliphatic heterocycles. The standard InChI is InChI=1S/C19H24N2O4S/c1-5-21(26(23,24)17-11-9-16(25-4)10-12-17)13-18(22)20-19-14(2)7-6-8-15(19)3/h6-12H,5,13H2,1-4H3,(H,20,22). The van der Waals surface area contributed by atoms with Crippen molar-refractivity contribution >= 4 is 21.6 Å². The number of aryl methyl sites for hydroxylation is 2. The molecule has 2 rings (SSSR count). The SMILES string of the molecule is CCN(CC(=O)Nc1c(C)cccc1C)S(=O)(=O)c1ccc(OC)cc1. The molecule has 1 amide bonds. The molecule has 140 valence electrons. The lowest BCUT2D eigenvalue weighted by Crippen LogP contribution is -2.38. The summed E-state index contributed by atoms with van der Waals surface area (Å²) in [6.07, 6.45) is 0. The van der Waals surface area contributed by atoms with Crippen LogP contribution in [-0.2, 0) is 14.8 Å². The molecule has 1 N–H and O–H groups in total. The van der Waals surface area contributed by atoms with Crippen molar-refractivity contribution in [1.82, 2.24) is 4.31 Å². The van der Waals surface area contributed by atoms with E-state index in [1.54, 1.807) is 19.1 Å². The maximum Gasteiger partial charge on any atom is 0.243 e. The van der Waals surface area contributed by atoms with Gasteiger partial charge in [0.15, 0.2) is 0 Å². The smallest absolute Gasteiger partial charge is 0.243 e. The minimum atomic E-state index is -3.77. The largest absolute Gasteiger partial charge is 0.497 e. The molecule has 0 saturated heterocycles. The van der Waals surface area contributed by atoms with Crippen LogP contribution >= 0.6 is 0 Å². The van der Waals surface area contributed by atoms with E-state index in [-0.39, 0.29) is 23.9 Å². The van der Waals surface area contributed by atoms with Crippen molar-refractivity contribution in [3.05, 3.63) is 53.6 Å². The zero-order valence-corrected chi connectivity index (χ0v) is 16.3. The summed E-state index contributed by atoms with van der Waals surface area (Å²) in [5.74, 6) is 0.195. The van der Waals surface area contributed by atoms with Gasteiger partial charge >= 0.3 is 0 Å². The Hall–Kier alpha value is -2.38. The van der Waals surface area contributed by atoms with Gasteiger partial charge in [-0.05, 0) is 49.2 Å². The maximum atomic E-state index is 12.8. The zero-order chi connectivity index (χ0) is 19.3. The summed E-state index contributed by atoms with van der Waals surface area (Å²) in [5.41, 5.74) is 2.58. The summed E-state index contributed by atoms with van der Waals surface area (Å²) in [4.78, 5) is 12.6. The van der Waals surface area contributed by atoms with Crippen molar-refractivity contribution in [1.29, 1.82) is 0 Å². The van der Waals surface area contributed by atoms with Crippen molar-refractivity contribution in [3.8, 4) is 5.75 Å². The van der Waals surface area contributed by atoms with E-state index in [4.69, 9.17) is 4.74 Å². The Labute approximate surface area is 154 Å². The van der Waals surface area contributed by atoms with Crippen molar-refractivity contribution in [2.75, 3.05) is 25.5 Å². The van der Waals surface area contributed by atoms with Gasteiger partial charge in [0.25, 0.3) is 0 Å². The first-order valence-corrected chi connectivity index (χ1v) is 9.74. The molecular formula is C19H24N2O4S. The average molecular weight is 376 g/mol. The molecule has 0 bridgehead atoms. The number of carbonyl (C=O) groups is 1. The average Bonchev–Trinajstić information content (AvgIpc) is 2.62. The highest BCUT2D eigenvalue weighted by atomic mass is 32.2. The third kappa shape index (κ3) is 4.42. The number of amides is 1. The summed E-state index contributed by atoms with van der Waals surface area (Å²) in [5, 5.41) is 2.82. The van der Waals surface area contributed by atoms with Gasteiger partial charge in [0, 0.05) is 12.2 Å². The van der Waals surface area contributed by atoms with E-state index in [2.05, 4.69) is 5.32 Å². The Balaban J connectivity index is 2.18. The number of nitrogens with one attached hydrogen (secondary N) is 1. The van der Waals surface area contributed by atoms with Gasteiger partial charge in [-0.15, -0.1) is 0 Å². The molecule has 6 nitrogen and oxygen atoms in total. The van der Waals surface area contributed by atoms with E-state index in [0.29, 0.717) is 5.75 Å². The van der Waals surface area contributed by atoms with E-state index >= 15 is 0 Å². The van der Waals surface area contributed by atoms with Gasteiger partial charge in [0.05, 0.1) is 18.6 Å². The molecule has 0 saturated carbocycles. The Bertz CT molecular complexity index is 857. The third-order valence-electron chi connectivity index (χ3n) is 4.12. The number of benzene rings is 2. The first kappa shape index (κ1) is 19.9. The van der Waals surface area contributed by atoms with Crippen LogP contribution in [0.1, 0.15) is 18.1 Å². The number of carbonyl (C=O) groups excluding carboxylic acids is 1. The van der Waals surface area contributed by atoms with Crippen molar-refractivity contribution in [2.24, 2.45) is 0 Å². The lowest BCUT2D eigenvalue weighted by molar-refractivity contribution is -0.116. The van der Waals surface area contributed by atoms with Gasteiger partial charge in [-0.25, -0.2) is 8.42 Å². The van der Waals surface area contributed by atoms with Gasteiger partial charge in [-0.2, -0.15) is 4.31 Å². The Morgan fingerprint density at radius 2 is 1.65 bits per heavy atom. The number of rotatable bonds is 7. The van der Waals surface area contributed by atoms with Crippen LogP contribution in [-0.4, -0.2) is 38.8 Å². The molecule has 0 atom stereocenters. The van der Waals surface area contributed by atoms with Crippen molar-refractivity contribution in [3.63, 3.8) is 0 Å². The van der Waals surface area contributed by atoms with Crippen LogP contribution in [0.3, 0.4) is 0 Å². The van der Waals surface area contributed by atoms with Gasteiger partial charge < -0.3 is 10.1 Å². The van der Waals surface area contributed by atoms with E-state index in [9.17, 15) is 13.2 Å². The second kappa shape index (κ2) is 8.33. The number of para-hydroxylation sites is 1. The highest BCUT2D eigenvalue weighted by Crippen LogP contribution is 2.21. The number of ether oxygens (including phenoxy) is 1. The molecule has 0 radical (unpaired) electrons. The van der Waals surface area contributed by atoms with Crippen LogP contribution in [0.5, 0.6) is 5.75 Å². The van der Waals surface area contributed by atoms with Crippen molar-refractivity contribution < 1.29 is 17.9 Å². The second-order valence-corrected chi connectivity index (χ2v) is 7.86. The first-order valence-electron chi connectivity index (χ1n) is 8.30. The maximum absolute atomic E-state index is 12.8. The number of nitrogens with zero attached hydrogens (tertiary/aromatic N) is 1. The molecule has 2 aromatic rings. The highest BCUT2D eigenvalue weighted by Gasteiger charge is 2.25. The van der Waals surface area contributed by atoms with Gasteiger partial charge in [0.2, 0.25) is 15.9 Å². The number of likely N-dealkylation sites (N-methyl/N-ethyl adjacent to an activating group) is 1. The molecular weight excluding hydrogens is 352 g/mol. The summed E-state index contributed by atoms with van der Waals surface area (Å²) in [6, 6.07) is 11.8. The monoisotopic (exact) mass is 376 g/mol. The quantitative estimate of drug-likeness (QED) is 0.806. The Kier molecular flexibility index (Phi) is 6.39. The Morgan fingerprint density at radius 1 is 1.08 bits per heavy atom.